The van der Waals surface area contributed by atoms with Crippen LogP contribution in [-0.2, 0) is 10.8 Å². The molecular formula is C41H61Cl2N4S+3. The highest BCUT2D eigenvalue weighted by Crippen LogP contribution is 2.48. The molecule has 0 N–H and O–H groups in total. The van der Waals surface area contributed by atoms with Gasteiger partial charge in [0.25, 0.3) is 0 Å². The summed E-state index contributed by atoms with van der Waals surface area (Å²) in [5, 5.41) is 1.58. The van der Waals surface area contributed by atoms with Gasteiger partial charge in [0.1, 0.15) is 20.1 Å². The average molecular weight is 713 g/mol. The van der Waals surface area contributed by atoms with Crippen LogP contribution in [0, 0.1) is 0 Å². The van der Waals surface area contributed by atoms with Crippen molar-refractivity contribution in [3.8, 4) is 0 Å². The molecule has 0 saturated heterocycles. The van der Waals surface area contributed by atoms with Crippen LogP contribution in [0.5, 0.6) is 0 Å². The number of anilines is 1. The van der Waals surface area contributed by atoms with E-state index in [1.54, 1.807) is 6.26 Å². The maximum Gasteiger partial charge on any atom is 0.209 e. The highest BCUT2D eigenvalue weighted by atomic mass is 35.5. The van der Waals surface area contributed by atoms with Crippen LogP contribution >= 0.6 is 35.8 Å². The van der Waals surface area contributed by atoms with Crippen LogP contribution in [-0.4, -0.2) is 94.5 Å². The average Bonchev–Trinajstić information content (AvgIpc) is 3.29. The van der Waals surface area contributed by atoms with Crippen LogP contribution in [0.25, 0.3) is 0 Å². The van der Waals surface area contributed by atoms with Gasteiger partial charge in [0, 0.05) is 62.7 Å². The molecule has 0 radical (unpaired) electrons. The van der Waals surface area contributed by atoms with Crippen LogP contribution in [0.1, 0.15) is 59.1 Å². The molecule has 48 heavy (non-hydrogen) atoms. The number of thiol groups is 1. The molecule has 0 saturated carbocycles. The quantitative estimate of drug-likeness (QED) is 0.184. The predicted octanol–water partition coefficient (Wildman–Crippen LogP) is 9.85. The second-order valence-corrected chi connectivity index (χ2v) is 16.9. The number of halogens is 2. The summed E-state index contributed by atoms with van der Waals surface area (Å²) in [6, 6.07) is 12.5. The third-order valence-corrected chi connectivity index (χ3v) is 10.4. The van der Waals surface area contributed by atoms with Crippen molar-refractivity contribution in [1.29, 1.82) is 0 Å². The number of fused-ring (bicyclic) bond motifs is 2. The molecule has 3 heterocycles. The molecule has 5 rings (SSSR count). The Labute approximate surface area is 308 Å². The molecule has 4 nitrogen and oxygen atoms in total. The first kappa shape index (κ1) is 40.2. The molecule has 0 bridgehead atoms. The number of allylic oxidation sites excluding steroid dienone is 4. The standard InChI is InChI=1S/C34H41Cl2N3.C6H16N.CH4S/c1-22-23(10-16-31-33(2,3)27-18-25(35)12-14-29(27)37(31)6)20-39(8,9)21-24(22)11-17-32-34(4,5)28-19-26(36)13-15-30(28)38(32)7;1-5-6-7(2,3)4;1-2/h10-19H,20-21H2,1-9H3;5-6H2,1-4H3;2H,1H3/q+2;+1;. The van der Waals surface area contributed by atoms with Gasteiger partial charge in [-0.15, -0.1) is 0 Å². The third-order valence-electron chi connectivity index (χ3n) is 9.93. The zero-order valence-electron chi connectivity index (χ0n) is 32.1. The summed E-state index contributed by atoms with van der Waals surface area (Å²) in [5.41, 5.74) is 11.5. The first-order valence-corrected chi connectivity index (χ1v) is 18.7. The van der Waals surface area contributed by atoms with Crippen LogP contribution in [0.3, 0.4) is 0 Å². The molecule has 2 aromatic carbocycles. The van der Waals surface area contributed by atoms with E-state index < -0.39 is 0 Å². The van der Waals surface area contributed by atoms with Gasteiger partial charge < -0.3 is 13.9 Å². The van der Waals surface area contributed by atoms with Crippen LogP contribution in [0.2, 0.25) is 10.0 Å². The topological polar surface area (TPSA) is 6.25 Å². The van der Waals surface area contributed by atoms with Crippen molar-refractivity contribution in [3.05, 3.63) is 104 Å². The van der Waals surface area contributed by atoms with E-state index in [4.69, 9.17) is 23.2 Å². The molecule has 0 fully saturated rings. The highest BCUT2D eigenvalue weighted by Gasteiger charge is 2.43. The van der Waals surface area contributed by atoms with Crippen molar-refractivity contribution < 1.29 is 13.5 Å². The van der Waals surface area contributed by atoms with E-state index in [-0.39, 0.29) is 10.8 Å². The lowest BCUT2D eigenvalue weighted by molar-refractivity contribution is -0.881. The Kier molecular flexibility index (Phi) is 12.8. The van der Waals surface area contributed by atoms with Gasteiger partial charge in [-0.3, -0.25) is 0 Å². The fourth-order valence-corrected chi connectivity index (χ4v) is 7.77. The van der Waals surface area contributed by atoms with Gasteiger partial charge in [-0.25, -0.2) is 0 Å². The van der Waals surface area contributed by atoms with Crippen LogP contribution in [0.4, 0.5) is 11.4 Å². The smallest absolute Gasteiger partial charge is 0.209 e. The Balaban J connectivity index is 0.000000618. The van der Waals surface area contributed by atoms with E-state index in [0.717, 1.165) is 32.1 Å². The van der Waals surface area contributed by atoms with Crippen LogP contribution in [0.15, 0.2) is 83.1 Å². The fraction of sp³-hybridized carbons (Fsp3) is 0.488. The lowest BCUT2D eigenvalue weighted by atomic mass is 9.81. The molecule has 7 heteroatoms. The summed E-state index contributed by atoms with van der Waals surface area (Å²) in [5.74, 6) is 0. The monoisotopic (exact) mass is 711 g/mol. The number of hydrogen-bond acceptors (Lipinski definition) is 2. The number of nitrogens with zero attached hydrogens (tertiary/aromatic N) is 4. The van der Waals surface area contributed by atoms with Crippen molar-refractivity contribution >= 4 is 52.9 Å². The van der Waals surface area contributed by atoms with E-state index in [1.165, 1.54) is 63.6 Å². The third kappa shape index (κ3) is 8.71. The van der Waals surface area contributed by atoms with Crippen molar-refractivity contribution in [1.82, 2.24) is 0 Å². The molecule has 3 aliphatic heterocycles. The molecule has 262 valence electrons. The van der Waals surface area contributed by atoms with Crippen molar-refractivity contribution in [3.63, 3.8) is 0 Å². The minimum atomic E-state index is -0.112. The Morgan fingerprint density at radius 3 is 2.04 bits per heavy atom. The Bertz CT molecular complexity index is 1670. The molecule has 0 spiro atoms. The molecule has 0 aliphatic carbocycles. The lowest BCUT2D eigenvalue weighted by Crippen LogP contribution is -2.45. The minimum Gasteiger partial charge on any atom is -0.347 e. The van der Waals surface area contributed by atoms with E-state index >= 15 is 0 Å². The van der Waals surface area contributed by atoms with Gasteiger partial charge in [-0.2, -0.15) is 17.2 Å². The van der Waals surface area contributed by atoms with Crippen LogP contribution < -0.4 is 4.90 Å². The molecular weight excluding hydrogens is 651 g/mol. The Morgan fingerprint density at radius 2 is 1.48 bits per heavy atom. The molecule has 3 aliphatic rings. The normalized spacial score (nSPS) is 20.9. The highest BCUT2D eigenvalue weighted by molar-refractivity contribution is 7.79. The zero-order valence-corrected chi connectivity index (χ0v) is 34.5. The molecule has 0 atom stereocenters. The van der Waals surface area contributed by atoms with Gasteiger partial charge in [0.15, 0.2) is 5.71 Å². The number of quaternary nitrogens is 2. The van der Waals surface area contributed by atoms with Gasteiger partial charge in [-0.1, -0.05) is 50.0 Å². The Hall–Kier alpha value is -2.28. The molecule has 2 aromatic rings. The van der Waals surface area contributed by atoms with Crippen molar-refractivity contribution in [2.24, 2.45) is 0 Å². The second kappa shape index (κ2) is 15.3. The number of benzene rings is 2. The summed E-state index contributed by atoms with van der Waals surface area (Å²) in [4.78, 5) is 2.31. The maximum absolute atomic E-state index is 6.37. The number of rotatable bonds is 5. The second-order valence-electron chi connectivity index (χ2n) is 16.1. The van der Waals surface area contributed by atoms with Gasteiger partial charge in [0.2, 0.25) is 5.69 Å². The summed E-state index contributed by atoms with van der Waals surface area (Å²) in [7, 11) is 15.6. The van der Waals surface area contributed by atoms with Gasteiger partial charge >= 0.3 is 0 Å². The summed E-state index contributed by atoms with van der Waals surface area (Å²) in [6.45, 7) is 16.9. The van der Waals surface area contributed by atoms with E-state index in [2.05, 4.69) is 162 Å². The summed E-state index contributed by atoms with van der Waals surface area (Å²) < 4.78 is 4.33. The van der Waals surface area contributed by atoms with E-state index in [0.29, 0.717) is 0 Å². The Morgan fingerprint density at radius 1 is 0.896 bits per heavy atom. The number of likely N-dealkylation sites (N-methyl/N-ethyl adjacent to an activating group) is 2. The molecule has 0 amide bonds. The zero-order chi connectivity index (χ0) is 36.4. The van der Waals surface area contributed by atoms with Gasteiger partial charge in [0.05, 0.1) is 47.2 Å². The minimum absolute atomic E-state index is 0.112. The summed E-state index contributed by atoms with van der Waals surface area (Å²) in [6.07, 6.45) is 12.3. The van der Waals surface area contributed by atoms with E-state index in [1.807, 2.05) is 12.1 Å². The largest absolute Gasteiger partial charge is 0.347 e. The lowest BCUT2D eigenvalue weighted by Gasteiger charge is -2.36. The maximum atomic E-state index is 6.37. The van der Waals surface area contributed by atoms with E-state index in [9.17, 15) is 0 Å². The fourth-order valence-electron chi connectivity index (χ4n) is 7.42. The first-order valence-electron chi connectivity index (χ1n) is 17.0. The molecule has 0 unspecified atom stereocenters. The SMILES string of the molecule is CC1=C(/C=C/C2=[N+](C)c3ccc(Cl)cc3C2(C)C)C[N+](C)(C)C/C1=C\C=C1\N(C)c2ccc(Cl)cc2C1(C)C.CCC[N+](C)(C)C.CS. The molecule has 0 aromatic heterocycles. The first-order chi connectivity index (χ1) is 22.2. The van der Waals surface area contributed by atoms with Crippen molar-refractivity contribution in [2.45, 2.75) is 58.8 Å². The van der Waals surface area contributed by atoms with Crippen molar-refractivity contribution in [2.75, 3.05) is 80.1 Å². The predicted molar refractivity (Wildman–Crippen MR) is 216 cm³/mol. The van der Waals surface area contributed by atoms with Gasteiger partial charge in [-0.05, 0) is 87.1 Å². The summed E-state index contributed by atoms with van der Waals surface area (Å²) >= 11 is 16.3. The number of hydrogen-bond donors (Lipinski definition) is 1.